The third-order valence-electron chi connectivity index (χ3n) is 2.04. The molecule has 80 valence electrons. The van der Waals surface area contributed by atoms with E-state index in [0.717, 1.165) is 18.8 Å². The zero-order valence-corrected chi connectivity index (χ0v) is 10.6. The van der Waals surface area contributed by atoms with Gasteiger partial charge in [0.05, 0.1) is 0 Å². The lowest BCUT2D eigenvalue weighted by Gasteiger charge is -2.25. The summed E-state index contributed by atoms with van der Waals surface area (Å²) in [6.07, 6.45) is 1.11. The monoisotopic (exact) mass is 223 g/mol. The number of alkyl halides is 1. The summed E-state index contributed by atoms with van der Waals surface area (Å²) < 4.78 is 0. The smallest absolute Gasteiger partial charge is 0.0235 e. The molecule has 0 saturated carbocycles. The molecule has 0 aromatic carbocycles. The minimum absolute atomic E-state index is 0.653. The van der Waals surface area contributed by atoms with E-state index in [-0.39, 0.29) is 0 Å². The van der Waals surface area contributed by atoms with E-state index in [9.17, 15) is 0 Å². The van der Waals surface area contributed by atoms with Crippen LogP contribution in [0.4, 0.5) is 0 Å². The molecule has 1 nitrogen and oxygen atoms in total. The van der Waals surface area contributed by atoms with Gasteiger partial charge in [0.15, 0.2) is 0 Å². The Kier molecular flexibility index (Phi) is 9.59. The van der Waals surface area contributed by atoms with E-state index in [1.165, 1.54) is 18.1 Å². The van der Waals surface area contributed by atoms with E-state index >= 15 is 0 Å². The van der Waals surface area contributed by atoms with Crippen molar-refractivity contribution in [3.8, 4) is 0 Å². The fourth-order valence-electron chi connectivity index (χ4n) is 1.22. The van der Waals surface area contributed by atoms with Gasteiger partial charge in [-0.05, 0) is 32.6 Å². The molecule has 0 bridgehead atoms. The molecule has 0 N–H and O–H groups in total. The van der Waals surface area contributed by atoms with E-state index < -0.39 is 0 Å². The summed E-state index contributed by atoms with van der Waals surface area (Å²) in [7, 11) is 0. The molecule has 3 heteroatoms. The van der Waals surface area contributed by atoms with Gasteiger partial charge in [0.2, 0.25) is 0 Å². The topological polar surface area (TPSA) is 3.24 Å². The Morgan fingerprint density at radius 3 is 2.46 bits per heavy atom. The molecule has 0 saturated heterocycles. The summed E-state index contributed by atoms with van der Waals surface area (Å²) in [5, 5.41) is 0. The Labute approximate surface area is 92.2 Å². The zero-order chi connectivity index (χ0) is 10.1. The van der Waals surface area contributed by atoms with E-state index in [0.29, 0.717) is 6.04 Å². The number of halogens is 1. The van der Waals surface area contributed by atoms with Crippen LogP contribution in [0.5, 0.6) is 0 Å². The number of thioether (sulfide) groups is 1. The van der Waals surface area contributed by atoms with Gasteiger partial charge in [-0.3, -0.25) is 0 Å². The highest BCUT2D eigenvalue weighted by Crippen LogP contribution is 2.04. The number of nitrogens with zero attached hydrogens (tertiary/aromatic N) is 1. The largest absolute Gasteiger partial charge is 0.300 e. The molecular weight excluding hydrogens is 202 g/mol. The third-order valence-corrected chi connectivity index (χ3v) is 3.18. The zero-order valence-electron chi connectivity index (χ0n) is 9.05. The molecule has 0 radical (unpaired) electrons. The Hall–Kier alpha value is 0.600. The molecule has 13 heavy (non-hydrogen) atoms. The first-order chi connectivity index (χ1) is 6.22. The van der Waals surface area contributed by atoms with E-state index in [1.54, 1.807) is 0 Å². The summed E-state index contributed by atoms with van der Waals surface area (Å²) >= 11 is 7.69. The van der Waals surface area contributed by atoms with Crippen LogP contribution >= 0.6 is 23.4 Å². The van der Waals surface area contributed by atoms with Crippen LogP contribution in [0, 0.1) is 0 Å². The highest BCUT2D eigenvalue weighted by atomic mass is 35.5. The maximum absolute atomic E-state index is 5.68. The fourth-order valence-corrected chi connectivity index (χ4v) is 1.99. The molecule has 0 aromatic heterocycles. The number of rotatable bonds is 8. The van der Waals surface area contributed by atoms with Crippen LogP contribution in [0.25, 0.3) is 0 Å². The molecule has 0 aliphatic carbocycles. The molecule has 0 heterocycles. The Morgan fingerprint density at radius 1 is 1.31 bits per heavy atom. The van der Waals surface area contributed by atoms with Crippen LogP contribution in [-0.4, -0.2) is 41.4 Å². The summed E-state index contributed by atoms with van der Waals surface area (Å²) in [6.45, 7) is 9.07. The molecule has 0 aliphatic rings. The predicted octanol–water partition coefficient (Wildman–Crippen LogP) is 3.08. The van der Waals surface area contributed by atoms with Gasteiger partial charge in [-0.15, -0.1) is 11.6 Å². The molecule has 0 aliphatic heterocycles. The molecular formula is C10H22ClNS. The second-order valence-corrected chi connectivity index (χ2v) is 5.14. The van der Waals surface area contributed by atoms with Gasteiger partial charge in [-0.25, -0.2) is 0 Å². The first-order valence-corrected chi connectivity index (χ1v) is 6.79. The minimum Gasteiger partial charge on any atom is -0.300 e. The van der Waals surface area contributed by atoms with Crippen LogP contribution in [0.3, 0.4) is 0 Å². The first-order valence-electron chi connectivity index (χ1n) is 5.10. The van der Waals surface area contributed by atoms with Crippen molar-refractivity contribution in [3.63, 3.8) is 0 Å². The normalized spacial score (nSPS) is 11.5. The van der Waals surface area contributed by atoms with Gasteiger partial charge in [-0.1, -0.05) is 6.92 Å². The number of hydrogen-bond acceptors (Lipinski definition) is 2. The summed E-state index contributed by atoms with van der Waals surface area (Å²) in [4.78, 5) is 2.50. The van der Waals surface area contributed by atoms with Crippen LogP contribution < -0.4 is 0 Å². The molecule has 0 amide bonds. The maximum Gasteiger partial charge on any atom is 0.0235 e. The molecule has 0 rings (SSSR count). The Bertz CT molecular complexity index is 109. The van der Waals surface area contributed by atoms with Gasteiger partial charge < -0.3 is 4.90 Å². The fraction of sp³-hybridized carbons (Fsp3) is 1.00. The van der Waals surface area contributed by atoms with Crippen molar-refractivity contribution in [3.05, 3.63) is 0 Å². The lowest BCUT2D eigenvalue weighted by molar-refractivity contribution is 0.237. The van der Waals surface area contributed by atoms with Gasteiger partial charge in [-0.2, -0.15) is 11.8 Å². The lowest BCUT2D eigenvalue weighted by Crippen LogP contribution is -2.34. The van der Waals surface area contributed by atoms with Gasteiger partial charge in [0.25, 0.3) is 0 Å². The predicted molar refractivity (Wildman–Crippen MR) is 65.0 cm³/mol. The molecule has 0 atom stereocenters. The summed E-state index contributed by atoms with van der Waals surface area (Å²) in [6, 6.07) is 0.653. The van der Waals surface area contributed by atoms with E-state index in [4.69, 9.17) is 11.6 Å². The van der Waals surface area contributed by atoms with Crippen LogP contribution in [0.1, 0.15) is 27.2 Å². The van der Waals surface area contributed by atoms with Crippen molar-refractivity contribution >= 4 is 23.4 Å². The SMILES string of the molecule is CCSCCN(CCCCl)C(C)C. The molecule has 0 fully saturated rings. The summed E-state index contributed by atoms with van der Waals surface area (Å²) in [5.41, 5.74) is 0. The molecule has 0 aromatic rings. The average Bonchev–Trinajstić information content (AvgIpc) is 2.10. The third kappa shape index (κ3) is 7.65. The number of hydrogen-bond donors (Lipinski definition) is 0. The van der Waals surface area contributed by atoms with Crippen molar-refractivity contribution in [1.29, 1.82) is 0 Å². The first kappa shape index (κ1) is 13.6. The summed E-state index contributed by atoms with van der Waals surface area (Å²) in [5.74, 6) is 3.25. The van der Waals surface area contributed by atoms with Crippen molar-refractivity contribution in [2.75, 3.05) is 30.5 Å². The quantitative estimate of drug-likeness (QED) is 0.460. The van der Waals surface area contributed by atoms with Gasteiger partial charge in [0, 0.05) is 24.2 Å². The standard InChI is InChI=1S/C10H22ClNS/c1-4-13-9-8-12(10(2)3)7-5-6-11/h10H,4-9H2,1-3H3. The van der Waals surface area contributed by atoms with Gasteiger partial charge >= 0.3 is 0 Å². The van der Waals surface area contributed by atoms with E-state index in [2.05, 4.69) is 25.7 Å². The van der Waals surface area contributed by atoms with Crippen molar-refractivity contribution in [1.82, 2.24) is 4.90 Å². The average molecular weight is 224 g/mol. The van der Waals surface area contributed by atoms with Gasteiger partial charge in [0.1, 0.15) is 0 Å². The molecule has 0 spiro atoms. The van der Waals surface area contributed by atoms with Crippen molar-refractivity contribution in [2.24, 2.45) is 0 Å². The van der Waals surface area contributed by atoms with E-state index in [1.807, 2.05) is 11.8 Å². The van der Waals surface area contributed by atoms with Crippen LogP contribution in [0.15, 0.2) is 0 Å². The van der Waals surface area contributed by atoms with Crippen LogP contribution in [-0.2, 0) is 0 Å². The Morgan fingerprint density at radius 2 is 2.00 bits per heavy atom. The highest BCUT2D eigenvalue weighted by molar-refractivity contribution is 7.99. The second-order valence-electron chi connectivity index (χ2n) is 3.37. The Balaban J connectivity index is 3.54. The van der Waals surface area contributed by atoms with Crippen LogP contribution in [0.2, 0.25) is 0 Å². The second kappa shape index (κ2) is 9.17. The van der Waals surface area contributed by atoms with Crippen molar-refractivity contribution in [2.45, 2.75) is 33.2 Å². The molecule has 0 unspecified atom stereocenters. The minimum atomic E-state index is 0.653. The lowest BCUT2D eigenvalue weighted by atomic mass is 10.3. The van der Waals surface area contributed by atoms with Crippen molar-refractivity contribution < 1.29 is 0 Å². The maximum atomic E-state index is 5.68. The highest BCUT2D eigenvalue weighted by Gasteiger charge is 2.07.